The molecule has 0 bridgehead atoms. The van der Waals surface area contributed by atoms with Crippen LogP contribution in [0.15, 0.2) is 79.0 Å². The van der Waals surface area contributed by atoms with E-state index in [1.54, 1.807) is 0 Å². The lowest BCUT2D eigenvalue weighted by Gasteiger charge is -2.19. The molecule has 1 unspecified atom stereocenters. The zero-order chi connectivity index (χ0) is 15.9. The summed E-state index contributed by atoms with van der Waals surface area (Å²) in [7, 11) is 0. The van der Waals surface area contributed by atoms with Crippen molar-refractivity contribution < 1.29 is 5.11 Å². The third kappa shape index (κ3) is 4.03. The van der Waals surface area contributed by atoms with E-state index in [1.165, 1.54) is 11.1 Å². The summed E-state index contributed by atoms with van der Waals surface area (Å²) in [5.74, 6) is 0. The van der Waals surface area contributed by atoms with Gasteiger partial charge in [-0.3, -0.25) is 4.98 Å². The lowest BCUT2D eigenvalue weighted by molar-refractivity contribution is 0.282. The van der Waals surface area contributed by atoms with Crippen molar-refractivity contribution in [3.63, 3.8) is 0 Å². The Kier molecular flexibility index (Phi) is 5.14. The molecule has 2 N–H and O–H groups in total. The van der Waals surface area contributed by atoms with Gasteiger partial charge in [-0.1, -0.05) is 60.7 Å². The third-order valence-electron chi connectivity index (χ3n) is 3.83. The third-order valence-corrected chi connectivity index (χ3v) is 3.83. The van der Waals surface area contributed by atoms with Crippen molar-refractivity contribution in [1.29, 1.82) is 0 Å². The van der Waals surface area contributed by atoms with Gasteiger partial charge in [0.25, 0.3) is 0 Å². The number of benzene rings is 2. The Bertz CT molecular complexity index is 672. The normalized spacial score (nSPS) is 12.0. The SMILES string of the molecule is OCc1ccc(CNC(c2ccccc2)c2ccccn2)cc1. The lowest BCUT2D eigenvalue weighted by atomic mass is 10.0. The minimum Gasteiger partial charge on any atom is -0.392 e. The maximum Gasteiger partial charge on any atom is 0.0754 e. The number of rotatable bonds is 6. The molecule has 0 saturated carbocycles. The number of aliphatic hydroxyl groups is 1. The molecule has 0 amide bonds. The Hall–Kier alpha value is -2.49. The van der Waals surface area contributed by atoms with Gasteiger partial charge in [0.1, 0.15) is 0 Å². The Morgan fingerprint density at radius 2 is 1.52 bits per heavy atom. The maximum atomic E-state index is 9.12. The molecule has 23 heavy (non-hydrogen) atoms. The average Bonchev–Trinajstić information content (AvgIpc) is 2.64. The summed E-state index contributed by atoms with van der Waals surface area (Å²) in [5.41, 5.74) is 4.31. The van der Waals surface area contributed by atoms with E-state index >= 15 is 0 Å². The van der Waals surface area contributed by atoms with E-state index in [1.807, 2.05) is 66.9 Å². The van der Waals surface area contributed by atoms with Crippen LogP contribution in [0.25, 0.3) is 0 Å². The highest BCUT2D eigenvalue weighted by molar-refractivity contribution is 5.28. The van der Waals surface area contributed by atoms with Crippen molar-refractivity contribution in [3.8, 4) is 0 Å². The summed E-state index contributed by atoms with van der Waals surface area (Å²) in [6.45, 7) is 0.816. The summed E-state index contributed by atoms with van der Waals surface area (Å²) in [4.78, 5) is 4.50. The summed E-state index contributed by atoms with van der Waals surface area (Å²) >= 11 is 0. The van der Waals surface area contributed by atoms with Gasteiger partial charge in [0.2, 0.25) is 0 Å². The molecule has 0 aliphatic carbocycles. The topological polar surface area (TPSA) is 45.1 Å². The Morgan fingerprint density at radius 3 is 2.17 bits per heavy atom. The second-order valence-corrected chi connectivity index (χ2v) is 5.45. The zero-order valence-corrected chi connectivity index (χ0v) is 12.9. The van der Waals surface area contributed by atoms with Crippen molar-refractivity contribution in [3.05, 3.63) is 101 Å². The molecule has 3 rings (SSSR count). The molecule has 1 heterocycles. The van der Waals surface area contributed by atoms with Crippen LogP contribution in [0.3, 0.4) is 0 Å². The summed E-state index contributed by atoms with van der Waals surface area (Å²) in [6.07, 6.45) is 1.82. The van der Waals surface area contributed by atoms with Gasteiger partial charge in [0.15, 0.2) is 0 Å². The molecule has 0 aliphatic heterocycles. The Balaban J connectivity index is 1.79. The van der Waals surface area contributed by atoms with Gasteiger partial charge < -0.3 is 10.4 Å². The first-order valence-electron chi connectivity index (χ1n) is 7.75. The van der Waals surface area contributed by atoms with E-state index in [9.17, 15) is 0 Å². The van der Waals surface area contributed by atoms with Crippen LogP contribution in [0, 0.1) is 0 Å². The van der Waals surface area contributed by atoms with Gasteiger partial charge in [-0.25, -0.2) is 0 Å². The van der Waals surface area contributed by atoms with Gasteiger partial charge in [-0.2, -0.15) is 0 Å². The number of pyridine rings is 1. The van der Waals surface area contributed by atoms with Crippen LogP contribution in [0.4, 0.5) is 0 Å². The maximum absolute atomic E-state index is 9.12. The molecule has 1 aromatic heterocycles. The van der Waals surface area contributed by atoms with Crippen molar-refractivity contribution in [2.75, 3.05) is 0 Å². The van der Waals surface area contributed by atoms with Crippen molar-refractivity contribution in [2.24, 2.45) is 0 Å². The largest absolute Gasteiger partial charge is 0.392 e. The lowest BCUT2D eigenvalue weighted by Crippen LogP contribution is -2.22. The predicted molar refractivity (Wildman–Crippen MR) is 91.7 cm³/mol. The Labute approximate surface area is 136 Å². The second-order valence-electron chi connectivity index (χ2n) is 5.45. The molecule has 0 radical (unpaired) electrons. The second kappa shape index (κ2) is 7.68. The van der Waals surface area contributed by atoms with Gasteiger partial charge in [-0.05, 0) is 28.8 Å². The monoisotopic (exact) mass is 304 g/mol. The molecule has 0 saturated heterocycles. The smallest absolute Gasteiger partial charge is 0.0754 e. The van der Waals surface area contributed by atoms with Crippen LogP contribution in [0.5, 0.6) is 0 Å². The molecular weight excluding hydrogens is 284 g/mol. The standard InChI is InChI=1S/C20H20N2O/c23-15-17-11-9-16(10-12-17)14-22-20(18-6-2-1-3-7-18)19-8-4-5-13-21-19/h1-13,20,22-23H,14-15H2. The average molecular weight is 304 g/mol. The first kappa shape index (κ1) is 15.4. The van der Waals surface area contributed by atoms with Crippen molar-refractivity contribution in [1.82, 2.24) is 10.3 Å². The van der Waals surface area contributed by atoms with E-state index in [-0.39, 0.29) is 12.6 Å². The van der Waals surface area contributed by atoms with Crippen LogP contribution in [-0.4, -0.2) is 10.1 Å². The number of hydrogen-bond donors (Lipinski definition) is 2. The van der Waals surface area contributed by atoms with E-state index in [4.69, 9.17) is 5.11 Å². The van der Waals surface area contributed by atoms with E-state index in [0.717, 1.165) is 17.8 Å². The molecule has 0 spiro atoms. The summed E-state index contributed by atoms with van der Waals surface area (Å²) in [6, 6.07) is 24.4. The van der Waals surface area contributed by atoms with E-state index in [0.29, 0.717) is 0 Å². The van der Waals surface area contributed by atoms with E-state index in [2.05, 4.69) is 22.4 Å². The molecule has 116 valence electrons. The van der Waals surface area contributed by atoms with Crippen LogP contribution < -0.4 is 5.32 Å². The minimum atomic E-state index is 0.0509. The zero-order valence-electron chi connectivity index (χ0n) is 12.9. The minimum absolute atomic E-state index is 0.0509. The van der Waals surface area contributed by atoms with Crippen LogP contribution in [0.2, 0.25) is 0 Å². The molecule has 0 aliphatic rings. The molecule has 2 aromatic carbocycles. The van der Waals surface area contributed by atoms with Crippen LogP contribution in [-0.2, 0) is 13.2 Å². The van der Waals surface area contributed by atoms with Crippen LogP contribution >= 0.6 is 0 Å². The number of nitrogens with one attached hydrogen (secondary N) is 1. The summed E-state index contributed by atoms with van der Waals surface area (Å²) in [5, 5.41) is 12.7. The number of aliphatic hydroxyl groups excluding tert-OH is 1. The van der Waals surface area contributed by atoms with E-state index < -0.39 is 0 Å². The fraction of sp³-hybridized carbons (Fsp3) is 0.150. The fourth-order valence-electron chi connectivity index (χ4n) is 2.57. The highest BCUT2D eigenvalue weighted by atomic mass is 16.3. The number of hydrogen-bond acceptors (Lipinski definition) is 3. The Morgan fingerprint density at radius 1 is 0.826 bits per heavy atom. The van der Waals surface area contributed by atoms with Gasteiger partial charge >= 0.3 is 0 Å². The number of nitrogens with zero attached hydrogens (tertiary/aromatic N) is 1. The molecule has 3 nitrogen and oxygen atoms in total. The van der Waals surface area contributed by atoms with Gasteiger partial charge in [0.05, 0.1) is 18.3 Å². The molecule has 3 aromatic rings. The molecule has 0 fully saturated rings. The highest BCUT2D eigenvalue weighted by Gasteiger charge is 2.14. The highest BCUT2D eigenvalue weighted by Crippen LogP contribution is 2.20. The quantitative estimate of drug-likeness (QED) is 0.733. The van der Waals surface area contributed by atoms with Gasteiger partial charge in [0, 0.05) is 12.7 Å². The molecular formula is C20H20N2O. The van der Waals surface area contributed by atoms with Crippen molar-refractivity contribution >= 4 is 0 Å². The molecule has 1 atom stereocenters. The van der Waals surface area contributed by atoms with Crippen molar-refractivity contribution in [2.45, 2.75) is 19.2 Å². The predicted octanol–water partition coefficient (Wildman–Crippen LogP) is 3.45. The summed E-state index contributed by atoms with van der Waals surface area (Å²) < 4.78 is 0. The van der Waals surface area contributed by atoms with Gasteiger partial charge in [-0.15, -0.1) is 0 Å². The first-order chi connectivity index (χ1) is 11.4. The molecule has 3 heteroatoms. The van der Waals surface area contributed by atoms with Crippen LogP contribution in [0.1, 0.15) is 28.4 Å². The number of aromatic nitrogens is 1. The fourth-order valence-corrected chi connectivity index (χ4v) is 2.57. The first-order valence-corrected chi connectivity index (χ1v) is 7.75.